The van der Waals surface area contributed by atoms with Crippen molar-refractivity contribution in [1.29, 1.82) is 0 Å². The zero-order valence-corrected chi connectivity index (χ0v) is 19.5. The topological polar surface area (TPSA) is 237 Å². The molecule has 2 aliphatic rings. The molecule has 2 fully saturated rings. The summed E-state index contributed by atoms with van der Waals surface area (Å²) in [6, 6.07) is -1.04. The summed E-state index contributed by atoms with van der Waals surface area (Å²) < 4.78 is 20.8. The van der Waals surface area contributed by atoms with Crippen LogP contribution in [0.25, 0.3) is 0 Å². The van der Waals surface area contributed by atoms with Gasteiger partial charge in [-0.05, 0) is 13.3 Å². The highest BCUT2D eigenvalue weighted by atomic mass is 16.7. The Bertz CT molecular complexity index is 698. The maximum absolute atomic E-state index is 12.1. The number of aliphatic hydroxyl groups excluding tert-OH is 6. The van der Waals surface area contributed by atoms with Crippen molar-refractivity contribution >= 4 is 11.9 Å². The highest BCUT2D eigenvalue weighted by Gasteiger charge is 2.56. The highest BCUT2D eigenvalue weighted by Crippen LogP contribution is 2.34. The number of hydrogen-bond acceptors (Lipinski definition) is 14. The van der Waals surface area contributed by atoms with E-state index in [9.17, 15) is 45.3 Å². The Balaban J connectivity index is 2.08. The van der Waals surface area contributed by atoms with Gasteiger partial charge in [-0.25, -0.2) is 0 Å². The second-order valence-corrected chi connectivity index (χ2v) is 8.38. The van der Waals surface area contributed by atoms with E-state index in [2.05, 4.69) is 10.6 Å². The van der Waals surface area contributed by atoms with Gasteiger partial charge in [0.2, 0.25) is 11.7 Å². The van der Waals surface area contributed by atoms with Crippen LogP contribution in [0.2, 0.25) is 0 Å². The summed E-state index contributed by atoms with van der Waals surface area (Å²) in [7, 11) is 1.14. The summed E-state index contributed by atoms with van der Waals surface area (Å²) in [4.78, 5) is 23.8. The quantitative estimate of drug-likeness (QED) is 0.111. The van der Waals surface area contributed by atoms with Crippen LogP contribution in [0.5, 0.6) is 0 Å². The monoisotopic (exact) mass is 512 g/mol. The maximum atomic E-state index is 12.1. The van der Waals surface area contributed by atoms with E-state index in [0.29, 0.717) is 6.54 Å². The Kier molecular flexibility index (Phi) is 11.2. The van der Waals surface area contributed by atoms with Gasteiger partial charge in [0.1, 0.15) is 48.8 Å². The number of carbonyl (C=O) groups excluding carboxylic acids is 2. The number of hydrogen-bond donors (Lipinski definition) is 9. The standard InChI is InChI=1S/C20H36N2O13/c1-3-21-12(25)5-4-9(18(30)32-2)22-8-20(31)17(29)16(11(7-24)35-20)34-19-15(28)14(27)13(26)10(6-23)33-19/h9-11,13-17,19,22-24,26-29,31H,3-8H2,1-2H3,(H,21,25)/t9-,10+,11+,13+,14-,15+,16?,17-,19+,20?/m0/s1. The summed E-state index contributed by atoms with van der Waals surface area (Å²) >= 11 is 0. The van der Waals surface area contributed by atoms with Crippen molar-refractivity contribution in [2.24, 2.45) is 0 Å². The van der Waals surface area contributed by atoms with E-state index in [4.69, 9.17) is 18.9 Å². The van der Waals surface area contributed by atoms with E-state index < -0.39 is 86.6 Å². The second-order valence-electron chi connectivity index (χ2n) is 8.38. The number of carbonyl (C=O) groups is 2. The first kappa shape index (κ1) is 29.7. The first-order valence-corrected chi connectivity index (χ1v) is 11.3. The minimum Gasteiger partial charge on any atom is -0.468 e. The smallest absolute Gasteiger partial charge is 0.322 e. The largest absolute Gasteiger partial charge is 0.468 e. The molecule has 2 heterocycles. The molecule has 1 amide bonds. The number of rotatable bonds is 12. The van der Waals surface area contributed by atoms with Gasteiger partial charge < -0.3 is 60.0 Å². The molecule has 9 N–H and O–H groups in total. The third-order valence-electron chi connectivity index (χ3n) is 5.94. The molecule has 0 saturated carbocycles. The van der Waals surface area contributed by atoms with E-state index in [1.165, 1.54) is 0 Å². The number of aliphatic hydroxyl groups is 7. The third-order valence-corrected chi connectivity index (χ3v) is 5.94. The van der Waals surface area contributed by atoms with Crippen molar-refractivity contribution in [2.45, 2.75) is 80.6 Å². The number of esters is 1. The average Bonchev–Trinajstić information content (AvgIpc) is 3.08. The van der Waals surface area contributed by atoms with Gasteiger partial charge in [0, 0.05) is 13.0 Å². The molecule has 2 saturated heterocycles. The van der Waals surface area contributed by atoms with Crippen molar-refractivity contribution in [1.82, 2.24) is 10.6 Å². The molecular formula is C20H36N2O13. The minimum absolute atomic E-state index is 0.0128. The third kappa shape index (κ3) is 7.05. The van der Waals surface area contributed by atoms with Gasteiger partial charge in [-0.3, -0.25) is 14.9 Å². The van der Waals surface area contributed by atoms with E-state index in [1.807, 2.05) is 0 Å². The van der Waals surface area contributed by atoms with Crippen LogP contribution in [0, 0.1) is 0 Å². The SMILES string of the molecule is CCNC(=O)CC[C@H](NCC1(O)O[C@H](CO)C(O[C@H]2O[C@H](CO)[C@@H](O)[C@H](O)[C@H]2O)[C@@H]1O)C(=O)OC. The fraction of sp³-hybridized carbons (Fsp3) is 0.900. The summed E-state index contributed by atoms with van der Waals surface area (Å²) in [5.41, 5.74) is 0. The summed E-state index contributed by atoms with van der Waals surface area (Å²) in [6.45, 7) is 0.153. The van der Waals surface area contributed by atoms with E-state index in [-0.39, 0.29) is 18.7 Å². The molecule has 35 heavy (non-hydrogen) atoms. The van der Waals surface area contributed by atoms with Crippen LogP contribution in [0.1, 0.15) is 19.8 Å². The Morgan fingerprint density at radius 3 is 2.29 bits per heavy atom. The van der Waals surface area contributed by atoms with Crippen LogP contribution < -0.4 is 10.6 Å². The number of methoxy groups -OCH3 is 1. The lowest BCUT2D eigenvalue weighted by Gasteiger charge is -2.41. The van der Waals surface area contributed by atoms with Crippen LogP contribution in [0.3, 0.4) is 0 Å². The van der Waals surface area contributed by atoms with Gasteiger partial charge in [-0.15, -0.1) is 0 Å². The minimum atomic E-state index is -2.38. The van der Waals surface area contributed by atoms with E-state index in [1.54, 1.807) is 6.92 Å². The van der Waals surface area contributed by atoms with Crippen molar-refractivity contribution in [2.75, 3.05) is 33.4 Å². The maximum Gasteiger partial charge on any atom is 0.322 e. The summed E-state index contributed by atoms with van der Waals surface area (Å²) in [5.74, 6) is -3.41. The molecule has 204 valence electrons. The Hall–Kier alpha value is -1.50. The first-order valence-electron chi connectivity index (χ1n) is 11.3. The average molecular weight is 513 g/mol. The molecule has 15 heteroatoms. The van der Waals surface area contributed by atoms with Crippen molar-refractivity contribution < 1.29 is 64.3 Å². The molecule has 0 radical (unpaired) electrons. The van der Waals surface area contributed by atoms with Gasteiger partial charge in [0.05, 0.1) is 26.9 Å². The second kappa shape index (κ2) is 13.2. The summed E-state index contributed by atoms with van der Waals surface area (Å²) in [6.07, 6.45) is -12.8. The number of ether oxygens (including phenoxy) is 4. The van der Waals surface area contributed by atoms with Crippen molar-refractivity contribution in [3.05, 3.63) is 0 Å². The lowest BCUT2D eigenvalue weighted by atomic mass is 9.98. The molecule has 0 spiro atoms. The predicted molar refractivity (Wildman–Crippen MR) is 113 cm³/mol. The molecular weight excluding hydrogens is 476 g/mol. The molecule has 2 unspecified atom stereocenters. The van der Waals surface area contributed by atoms with Gasteiger partial charge in [0.15, 0.2) is 6.29 Å². The number of amides is 1. The summed E-state index contributed by atoms with van der Waals surface area (Å²) in [5, 5.41) is 75.9. The van der Waals surface area contributed by atoms with Crippen LogP contribution in [-0.4, -0.2) is 142 Å². The Labute approximate surface area is 201 Å². The van der Waals surface area contributed by atoms with E-state index in [0.717, 1.165) is 7.11 Å². The van der Waals surface area contributed by atoms with Gasteiger partial charge in [-0.1, -0.05) is 0 Å². The van der Waals surface area contributed by atoms with Crippen LogP contribution in [-0.2, 0) is 28.5 Å². The van der Waals surface area contributed by atoms with E-state index >= 15 is 0 Å². The van der Waals surface area contributed by atoms with Gasteiger partial charge in [-0.2, -0.15) is 0 Å². The van der Waals surface area contributed by atoms with Crippen LogP contribution in [0.4, 0.5) is 0 Å². The van der Waals surface area contributed by atoms with Crippen LogP contribution >= 0.6 is 0 Å². The van der Waals surface area contributed by atoms with Crippen molar-refractivity contribution in [3.63, 3.8) is 0 Å². The van der Waals surface area contributed by atoms with Crippen molar-refractivity contribution in [3.8, 4) is 0 Å². The molecule has 0 bridgehead atoms. The molecule has 0 aromatic carbocycles. The lowest BCUT2D eigenvalue weighted by molar-refractivity contribution is -0.318. The highest BCUT2D eigenvalue weighted by molar-refractivity contribution is 5.79. The molecule has 0 aromatic heterocycles. The lowest BCUT2D eigenvalue weighted by Crippen LogP contribution is -2.61. The zero-order chi connectivity index (χ0) is 26.3. The Morgan fingerprint density at radius 2 is 1.71 bits per heavy atom. The predicted octanol–water partition coefficient (Wildman–Crippen LogP) is -5.34. The first-order chi connectivity index (χ1) is 16.5. The molecule has 0 aromatic rings. The molecule has 10 atom stereocenters. The Morgan fingerprint density at radius 1 is 1.06 bits per heavy atom. The van der Waals surface area contributed by atoms with Gasteiger partial charge >= 0.3 is 5.97 Å². The molecule has 2 aliphatic heterocycles. The molecule has 2 rings (SSSR count). The molecule has 0 aliphatic carbocycles. The normalized spacial score (nSPS) is 38.2. The fourth-order valence-corrected chi connectivity index (χ4v) is 3.92. The zero-order valence-electron chi connectivity index (χ0n) is 19.5. The molecule has 15 nitrogen and oxygen atoms in total. The van der Waals surface area contributed by atoms with Gasteiger partial charge in [0.25, 0.3) is 0 Å². The number of nitrogens with one attached hydrogen (secondary N) is 2. The fourth-order valence-electron chi connectivity index (χ4n) is 3.92. The van der Waals surface area contributed by atoms with Crippen LogP contribution in [0.15, 0.2) is 0 Å².